The van der Waals surface area contributed by atoms with Crippen molar-refractivity contribution in [1.29, 1.82) is 0 Å². The predicted molar refractivity (Wildman–Crippen MR) is 68.2 cm³/mol. The van der Waals surface area contributed by atoms with Crippen molar-refractivity contribution in [2.75, 3.05) is 6.61 Å². The van der Waals surface area contributed by atoms with Crippen LogP contribution < -0.4 is 10.3 Å². The Kier molecular flexibility index (Phi) is 2.59. The molecule has 0 amide bonds. The van der Waals surface area contributed by atoms with E-state index in [-0.39, 0.29) is 11.3 Å². The molecule has 0 unspecified atom stereocenters. The van der Waals surface area contributed by atoms with Crippen LogP contribution in [0.3, 0.4) is 0 Å². The zero-order valence-electron chi connectivity index (χ0n) is 10.00. The molecule has 1 aromatic carbocycles. The minimum Gasteiger partial charge on any atom is -0.492 e. The molecule has 96 valence electrons. The van der Waals surface area contributed by atoms with Crippen LogP contribution in [0.15, 0.2) is 41.3 Å². The summed E-state index contributed by atoms with van der Waals surface area (Å²) < 4.78 is 6.63. The molecule has 19 heavy (non-hydrogen) atoms. The number of hydrogen-bond donors (Lipinski definition) is 1. The summed E-state index contributed by atoms with van der Waals surface area (Å²) in [5.74, 6) is -1.04. The zero-order valence-corrected chi connectivity index (χ0v) is 10.00. The molecule has 5 heteroatoms. The van der Waals surface area contributed by atoms with Crippen LogP contribution in [0.2, 0.25) is 0 Å². The molecule has 2 aromatic rings. The van der Waals surface area contributed by atoms with Crippen molar-refractivity contribution >= 4 is 5.97 Å². The highest BCUT2D eigenvalue weighted by molar-refractivity contribution is 5.91. The normalized spacial score (nSPS) is 12.8. The molecule has 1 N–H and O–H groups in total. The minimum atomic E-state index is -1.26. The molecule has 0 bridgehead atoms. The summed E-state index contributed by atoms with van der Waals surface area (Å²) in [4.78, 5) is 23.5. The Morgan fingerprint density at radius 2 is 2.00 bits per heavy atom. The lowest BCUT2D eigenvalue weighted by Crippen LogP contribution is -2.25. The van der Waals surface area contributed by atoms with Crippen molar-refractivity contribution < 1.29 is 14.6 Å². The summed E-state index contributed by atoms with van der Waals surface area (Å²) in [5, 5.41) is 9.21. The fourth-order valence-corrected chi connectivity index (χ4v) is 2.23. The molecule has 3 rings (SSSR count). The fraction of sp³-hybridized carbons (Fsp3) is 0.143. The number of pyridine rings is 1. The van der Waals surface area contributed by atoms with Gasteiger partial charge in [0.2, 0.25) is 0 Å². The minimum absolute atomic E-state index is 0.213. The highest BCUT2D eigenvalue weighted by Crippen LogP contribution is 2.27. The number of carboxylic acid groups (broad SMARTS) is 1. The molecule has 1 aliphatic rings. The quantitative estimate of drug-likeness (QED) is 0.884. The molecule has 0 saturated heterocycles. The van der Waals surface area contributed by atoms with Gasteiger partial charge in [0.25, 0.3) is 5.56 Å². The van der Waals surface area contributed by atoms with Crippen molar-refractivity contribution in [2.45, 2.75) is 6.42 Å². The first-order chi connectivity index (χ1) is 9.18. The van der Waals surface area contributed by atoms with E-state index < -0.39 is 11.5 Å². The summed E-state index contributed by atoms with van der Waals surface area (Å²) in [7, 11) is 0. The Hall–Kier alpha value is -2.56. The average molecular weight is 257 g/mol. The van der Waals surface area contributed by atoms with Gasteiger partial charge < -0.3 is 9.84 Å². The number of ether oxygens (including phenoxy) is 1. The molecular formula is C14H11NO4. The lowest BCUT2D eigenvalue weighted by molar-refractivity contribution is 0.0691. The van der Waals surface area contributed by atoms with E-state index in [0.29, 0.717) is 18.7 Å². The lowest BCUT2D eigenvalue weighted by Gasteiger charge is -2.10. The van der Waals surface area contributed by atoms with Gasteiger partial charge in [-0.25, -0.2) is 4.79 Å². The Morgan fingerprint density at radius 1 is 1.26 bits per heavy atom. The molecule has 1 aliphatic heterocycles. The summed E-state index contributed by atoms with van der Waals surface area (Å²) in [5.41, 5.74) is 0.531. The second kappa shape index (κ2) is 4.28. The van der Waals surface area contributed by atoms with Crippen molar-refractivity contribution in [2.24, 2.45) is 0 Å². The smallest absolute Gasteiger partial charge is 0.345 e. The third-order valence-corrected chi connectivity index (χ3v) is 3.10. The van der Waals surface area contributed by atoms with Gasteiger partial charge in [-0.2, -0.15) is 0 Å². The van der Waals surface area contributed by atoms with Gasteiger partial charge in [0.1, 0.15) is 5.75 Å². The highest BCUT2D eigenvalue weighted by atomic mass is 16.5. The molecule has 0 aliphatic carbocycles. The zero-order chi connectivity index (χ0) is 13.4. The van der Waals surface area contributed by atoms with E-state index in [1.165, 1.54) is 4.57 Å². The number of carbonyl (C=O) groups is 1. The molecular weight excluding hydrogens is 246 g/mol. The third-order valence-electron chi connectivity index (χ3n) is 3.10. The molecule has 2 heterocycles. The lowest BCUT2D eigenvalue weighted by atomic mass is 10.1. The van der Waals surface area contributed by atoms with E-state index in [2.05, 4.69) is 0 Å². The van der Waals surface area contributed by atoms with Crippen molar-refractivity contribution in [3.8, 4) is 11.4 Å². The van der Waals surface area contributed by atoms with Crippen LogP contribution in [0.1, 0.15) is 15.9 Å². The first kappa shape index (κ1) is 11.5. The highest BCUT2D eigenvalue weighted by Gasteiger charge is 2.26. The number of rotatable bonds is 2. The number of fused-ring (bicyclic) bond motifs is 1. The molecule has 5 nitrogen and oxygen atoms in total. The number of nitrogens with zero attached hydrogens (tertiary/aromatic N) is 1. The summed E-state index contributed by atoms with van der Waals surface area (Å²) in [6.45, 7) is 0.411. The van der Waals surface area contributed by atoms with E-state index in [1.807, 2.05) is 6.07 Å². The van der Waals surface area contributed by atoms with E-state index in [4.69, 9.17) is 4.74 Å². The van der Waals surface area contributed by atoms with E-state index in [9.17, 15) is 14.7 Å². The summed E-state index contributed by atoms with van der Waals surface area (Å²) in [6.07, 6.45) is 2.27. The van der Waals surface area contributed by atoms with E-state index in [0.717, 1.165) is 5.56 Å². The monoisotopic (exact) mass is 257 g/mol. The van der Waals surface area contributed by atoms with Crippen LogP contribution in [0.25, 0.3) is 5.69 Å². The number of benzene rings is 1. The first-order valence-corrected chi connectivity index (χ1v) is 5.88. The fourth-order valence-electron chi connectivity index (χ4n) is 2.23. The topological polar surface area (TPSA) is 68.5 Å². The van der Waals surface area contributed by atoms with E-state index in [1.54, 1.807) is 30.5 Å². The van der Waals surface area contributed by atoms with Crippen molar-refractivity contribution in [1.82, 2.24) is 4.57 Å². The van der Waals surface area contributed by atoms with Crippen LogP contribution in [0.5, 0.6) is 5.75 Å². The standard InChI is InChI=1S/C14H11NO4/c16-13-11(14(17)18)12-9(6-7-19-12)8-15(13)10-4-2-1-3-5-10/h1-5,8H,6-7H2,(H,17,18). The Morgan fingerprint density at radius 3 is 2.68 bits per heavy atom. The van der Waals surface area contributed by atoms with Gasteiger partial charge in [-0.3, -0.25) is 9.36 Å². The number of hydrogen-bond acceptors (Lipinski definition) is 3. The molecule has 0 spiro atoms. The molecule has 1 aromatic heterocycles. The van der Waals surface area contributed by atoms with Gasteiger partial charge >= 0.3 is 5.97 Å². The predicted octanol–water partition coefficient (Wildman–Crippen LogP) is 1.47. The molecule has 0 atom stereocenters. The van der Waals surface area contributed by atoms with Crippen LogP contribution in [-0.4, -0.2) is 22.2 Å². The van der Waals surface area contributed by atoms with Gasteiger partial charge in [0.15, 0.2) is 5.56 Å². The maximum absolute atomic E-state index is 12.3. The Bertz CT molecular complexity index is 703. The second-order valence-corrected chi connectivity index (χ2v) is 4.27. The number of aromatic nitrogens is 1. The molecule has 0 radical (unpaired) electrons. The summed E-state index contributed by atoms with van der Waals surface area (Å²) >= 11 is 0. The number of carboxylic acids is 1. The maximum atomic E-state index is 12.3. The van der Waals surface area contributed by atoms with Crippen LogP contribution in [0.4, 0.5) is 0 Å². The van der Waals surface area contributed by atoms with Gasteiger partial charge in [0.05, 0.1) is 6.61 Å². The largest absolute Gasteiger partial charge is 0.492 e. The van der Waals surface area contributed by atoms with Crippen molar-refractivity contribution in [3.05, 3.63) is 58.0 Å². The van der Waals surface area contributed by atoms with Crippen LogP contribution in [0, 0.1) is 0 Å². The van der Waals surface area contributed by atoms with E-state index >= 15 is 0 Å². The maximum Gasteiger partial charge on any atom is 0.345 e. The van der Waals surface area contributed by atoms with Crippen molar-refractivity contribution in [3.63, 3.8) is 0 Å². The van der Waals surface area contributed by atoms with Gasteiger partial charge in [-0.05, 0) is 12.1 Å². The Labute approximate surface area is 108 Å². The van der Waals surface area contributed by atoms with Crippen LogP contribution >= 0.6 is 0 Å². The van der Waals surface area contributed by atoms with Gasteiger partial charge in [-0.1, -0.05) is 18.2 Å². The van der Waals surface area contributed by atoms with Crippen LogP contribution in [-0.2, 0) is 6.42 Å². The summed E-state index contributed by atoms with van der Waals surface area (Å²) in [6, 6.07) is 8.95. The van der Waals surface area contributed by atoms with Gasteiger partial charge in [-0.15, -0.1) is 0 Å². The SMILES string of the molecule is O=C(O)c1c2c(cn(-c3ccccc3)c1=O)CCO2. The Balaban J connectivity index is 2.31. The van der Waals surface area contributed by atoms with Gasteiger partial charge in [0, 0.05) is 23.9 Å². The third kappa shape index (κ3) is 1.79. The molecule has 0 saturated carbocycles. The first-order valence-electron chi connectivity index (χ1n) is 5.88. The average Bonchev–Trinajstić information content (AvgIpc) is 2.86. The second-order valence-electron chi connectivity index (χ2n) is 4.27. The number of para-hydroxylation sites is 1. The number of aromatic carboxylic acids is 1. The molecule has 0 fully saturated rings.